The number of hydrogen-bond acceptors (Lipinski definition) is 2. The second kappa shape index (κ2) is 10.6. The highest BCUT2D eigenvalue weighted by molar-refractivity contribution is 5.80. The predicted octanol–water partition coefficient (Wildman–Crippen LogP) is 5.20. The maximum absolute atomic E-state index is 13.2. The maximum Gasteiger partial charge on any atom is 0.226 e. The van der Waals surface area contributed by atoms with Gasteiger partial charge >= 0.3 is 0 Å². The highest BCUT2D eigenvalue weighted by atomic mass is 19.1. The first-order valence-corrected chi connectivity index (χ1v) is 11.9. The van der Waals surface area contributed by atoms with Gasteiger partial charge in [-0.25, -0.2) is 4.39 Å². The van der Waals surface area contributed by atoms with Gasteiger partial charge in [0.15, 0.2) is 0 Å². The Balaban J connectivity index is 1.43. The van der Waals surface area contributed by atoms with Crippen molar-refractivity contribution < 1.29 is 14.0 Å². The van der Waals surface area contributed by atoms with Crippen LogP contribution < -0.4 is 5.32 Å². The Morgan fingerprint density at radius 3 is 2.12 bits per heavy atom. The predicted molar refractivity (Wildman–Crippen MR) is 132 cm³/mol. The molecule has 0 saturated carbocycles. The van der Waals surface area contributed by atoms with E-state index in [0.29, 0.717) is 19.5 Å². The van der Waals surface area contributed by atoms with E-state index in [4.69, 9.17) is 0 Å². The molecule has 2 amide bonds. The number of benzene rings is 3. The molecule has 3 aromatic rings. The first-order valence-electron chi connectivity index (χ1n) is 11.9. The largest absolute Gasteiger partial charge is 0.350 e. The van der Waals surface area contributed by atoms with Crippen molar-refractivity contribution in [1.29, 1.82) is 0 Å². The molecular formula is C29H31FN2O2. The summed E-state index contributed by atoms with van der Waals surface area (Å²) in [5, 5.41) is 3.16. The number of carbonyl (C=O) groups is 2. The van der Waals surface area contributed by atoms with Crippen LogP contribution in [0.5, 0.6) is 0 Å². The minimum absolute atomic E-state index is 0.0197. The average Bonchev–Trinajstić information content (AvgIpc) is 2.87. The quantitative estimate of drug-likeness (QED) is 0.529. The lowest BCUT2D eigenvalue weighted by atomic mass is 9.70. The van der Waals surface area contributed by atoms with Crippen LogP contribution in [0.4, 0.5) is 4.39 Å². The van der Waals surface area contributed by atoms with Crippen LogP contribution in [0.15, 0.2) is 84.9 Å². The molecule has 1 atom stereocenters. The Labute approximate surface area is 200 Å². The molecule has 176 valence electrons. The SMILES string of the molecule is CC(NC(=O)CC1(c2ccccc2)CCN(C(=O)Cc2ccc(F)cc2)CC1)c1ccccc1. The first kappa shape index (κ1) is 23.7. The molecule has 0 aromatic heterocycles. The van der Waals surface area contributed by atoms with Crippen molar-refractivity contribution in [2.75, 3.05) is 13.1 Å². The molecule has 4 rings (SSSR count). The zero-order chi connectivity index (χ0) is 24.0. The van der Waals surface area contributed by atoms with Crippen LogP contribution in [0.2, 0.25) is 0 Å². The average molecular weight is 459 g/mol. The van der Waals surface area contributed by atoms with Crippen LogP contribution in [0.1, 0.15) is 48.9 Å². The van der Waals surface area contributed by atoms with Crippen molar-refractivity contribution >= 4 is 11.8 Å². The highest BCUT2D eigenvalue weighted by Gasteiger charge is 2.39. The van der Waals surface area contributed by atoms with Gasteiger partial charge < -0.3 is 10.2 Å². The second-order valence-corrected chi connectivity index (χ2v) is 9.21. The van der Waals surface area contributed by atoms with Crippen LogP contribution >= 0.6 is 0 Å². The van der Waals surface area contributed by atoms with E-state index in [-0.39, 0.29) is 35.5 Å². The lowest BCUT2D eigenvalue weighted by molar-refractivity contribution is -0.132. The summed E-state index contributed by atoms with van der Waals surface area (Å²) in [6.07, 6.45) is 2.08. The van der Waals surface area contributed by atoms with Crippen molar-refractivity contribution in [3.8, 4) is 0 Å². The molecule has 1 aliphatic rings. The standard InChI is InChI=1S/C29H31FN2O2/c1-22(24-8-4-2-5-9-24)31-27(33)21-29(25-10-6-3-7-11-25)16-18-32(19-17-29)28(34)20-23-12-14-26(30)15-13-23/h2-15,22H,16-21H2,1H3,(H,31,33). The van der Waals surface area contributed by atoms with Gasteiger partial charge in [0.25, 0.3) is 0 Å². The summed E-state index contributed by atoms with van der Waals surface area (Å²) in [5.41, 5.74) is 2.71. The monoisotopic (exact) mass is 458 g/mol. The van der Waals surface area contributed by atoms with Gasteiger partial charge in [-0.3, -0.25) is 9.59 Å². The fraction of sp³-hybridized carbons (Fsp3) is 0.310. The van der Waals surface area contributed by atoms with E-state index in [2.05, 4.69) is 17.4 Å². The van der Waals surface area contributed by atoms with Crippen LogP contribution in [0.3, 0.4) is 0 Å². The van der Waals surface area contributed by atoms with E-state index in [1.165, 1.54) is 12.1 Å². The Hall–Kier alpha value is -3.47. The van der Waals surface area contributed by atoms with E-state index in [1.807, 2.05) is 60.4 Å². The summed E-state index contributed by atoms with van der Waals surface area (Å²) >= 11 is 0. The van der Waals surface area contributed by atoms with Crippen molar-refractivity contribution in [3.63, 3.8) is 0 Å². The third-order valence-electron chi connectivity index (χ3n) is 6.90. The van der Waals surface area contributed by atoms with Crippen molar-refractivity contribution in [1.82, 2.24) is 10.2 Å². The normalized spacial score (nSPS) is 16.0. The van der Waals surface area contributed by atoms with E-state index in [9.17, 15) is 14.0 Å². The summed E-state index contributed by atoms with van der Waals surface area (Å²) in [4.78, 5) is 27.9. The summed E-state index contributed by atoms with van der Waals surface area (Å²) in [5.74, 6) is -0.247. The molecule has 1 aliphatic heterocycles. The van der Waals surface area contributed by atoms with Crippen LogP contribution in [-0.2, 0) is 21.4 Å². The van der Waals surface area contributed by atoms with Crippen molar-refractivity contribution in [2.45, 2.75) is 44.1 Å². The van der Waals surface area contributed by atoms with E-state index in [0.717, 1.165) is 29.5 Å². The van der Waals surface area contributed by atoms with Gasteiger partial charge in [-0.1, -0.05) is 72.8 Å². The molecule has 0 radical (unpaired) electrons. The number of halogens is 1. The number of amides is 2. The summed E-state index contributed by atoms with van der Waals surface area (Å²) in [6.45, 7) is 3.19. The zero-order valence-corrected chi connectivity index (χ0v) is 19.5. The zero-order valence-electron chi connectivity index (χ0n) is 19.5. The number of nitrogens with zero attached hydrogens (tertiary/aromatic N) is 1. The lowest BCUT2D eigenvalue weighted by Crippen LogP contribution is -2.47. The third kappa shape index (κ3) is 5.71. The van der Waals surface area contributed by atoms with Crippen LogP contribution in [0, 0.1) is 5.82 Å². The fourth-order valence-corrected chi connectivity index (χ4v) is 4.86. The first-order chi connectivity index (χ1) is 16.4. The molecule has 1 heterocycles. The van der Waals surface area contributed by atoms with Crippen molar-refractivity contribution in [2.24, 2.45) is 0 Å². The number of hydrogen-bond donors (Lipinski definition) is 1. The summed E-state index contributed by atoms with van der Waals surface area (Å²) < 4.78 is 13.2. The summed E-state index contributed by atoms with van der Waals surface area (Å²) in [7, 11) is 0. The smallest absolute Gasteiger partial charge is 0.226 e. The van der Waals surface area contributed by atoms with E-state index < -0.39 is 0 Å². The highest BCUT2D eigenvalue weighted by Crippen LogP contribution is 2.39. The molecule has 1 unspecified atom stereocenters. The molecule has 0 spiro atoms. The molecule has 4 nitrogen and oxygen atoms in total. The fourth-order valence-electron chi connectivity index (χ4n) is 4.86. The van der Waals surface area contributed by atoms with Crippen molar-refractivity contribution in [3.05, 3.63) is 107 Å². The van der Waals surface area contributed by atoms with Gasteiger partial charge in [0.05, 0.1) is 12.5 Å². The van der Waals surface area contributed by atoms with Gasteiger partial charge in [-0.2, -0.15) is 0 Å². The molecule has 1 saturated heterocycles. The molecule has 3 aromatic carbocycles. The molecule has 5 heteroatoms. The number of piperidine rings is 1. The van der Waals surface area contributed by atoms with Gasteiger partial charge in [0.2, 0.25) is 11.8 Å². The van der Waals surface area contributed by atoms with E-state index in [1.54, 1.807) is 12.1 Å². The molecular weight excluding hydrogens is 427 g/mol. The lowest BCUT2D eigenvalue weighted by Gasteiger charge is -2.42. The Bertz CT molecular complexity index is 1090. The number of nitrogens with one attached hydrogen (secondary N) is 1. The second-order valence-electron chi connectivity index (χ2n) is 9.21. The molecule has 0 bridgehead atoms. The van der Waals surface area contributed by atoms with Gasteiger partial charge in [0.1, 0.15) is 5.82 Å². The van der Waals surface area contributed by atoms with Crippen LogP contribution in [-0.4, -0.2) is 29.8 Å². The number of rotatable bonds is 7. The molecule has 34 heavy (non-hydrogen) atoms. The topological polar surface area (TPSA) is 49.4 Å². The van der Waals surface area contributed by atoms with Gasteiger partial charge in [-0.15, -0.1) is 0 Å². The summed E-state index contributed by atoms with van der Waals surface area (Å²) in [6, 6.07) is 26.1. The molecule has 0 aliphatic carbocycles. The minimum Gasteiger partial charge on any atom is -0.350 e. The number of likely N-dealkylation sites (tertiary alicyclic amines) is 1. The van der Waals surface area contributed by atoms with Crippen LogP contribution in [0.25, 0.3) is 0 Å². The third-order valence-corrected chi connectivity index (χ3v) is 6.90. The van der Waals surface area contributed by atoms with Gasteiger partial charge in [-0.05, 0) is 48.6 Å². The molecule has 1 fully saturated rings. The van der Waals surface area contributed by atoms with E-state index >= 15 is 0 Å². The maximum atomic E-state index is 13.2. The Kier molecular flexibility index (Phi) is 7.41. The Morgan fingerprint density at radius 2 is 1.50 bits per heavy atom. The Morgan fingerprint density at radius 1 is 0.912 bits per heavy atom. The number of carbonyl (C=O) groups excluding carboxylic acids is 2. The van der Waals surface area contributed by atoms with Gasteiger partial charge in [0, 0.05) is 24.9 Å². The minimum atomic E-state index is -0.311. The molecule has 1 N–H and O–H groups in total.